The molecule has 0 bridgehead atoms. The van der Waals surface area contributed by atoms with Crippen LogP contribution in [-0.2, 0) is 11.3 Å². The van der Waals surface area contributed by atoms with Crippen LogP contribution >= 0.6 is 11.6 Å². The first-order valence-electron chi connectivity index (χ1n) is 7.02. The average molecular weight is 332 g/mol. The summed E-state index contributed by atoms with van der Waals surface area (Å²) < 4.78 is 6.48. The smallest absolute Gasteiger partial charge is 0.261 e. The third kappa shape index (κ3) is 3.27. The quantitative estimate of drug-likeness (QED) is 0.797. The molecule has 0 fully saturated rings. The first-order chi connectivity index (χ1) is 11.0. The topological polar surface area (TPSA) is 77.1 Å². The Morgan fingerprint density at radius 1 is 1.43 bits per heavy atom. The second kappa shape index (κ2) is 6.26. The summed E-state index contributed by atoms with van der Waals surface area (Å²) in [5.74, 6) is 0.341. The van der Waals surface area contributed by atoms with Gasteiger partial charge in [0.15, 0.2) is 0 Å². The van der Waals surface area contributed by atoms with E-state index in [2.05, 4.69) is 10.3 Å². The molecule has 0 aliphatic heterocycles. The van der Waals surface area contributed by atoms with Crippen molar-refractivity contribution in [1.82, 2.24) is 14.9 Å². The number of nitrogens with zero attached hydrogens (tertiary/aromatic N) is 2. The summed E-state index contributed by atoms with van der Waals surface area (Å²) in [6.07, 6.45) is 2.90. The molecule has 2 aromatic heterocycles. The van der Waals surface area contributed by atoms with Crippen LogP contribution in [0.3, 0.4) is 0 Å². The van der Waals surface area contributed by atoms with E-state index < -0.39 is 0 Å². The Bertz CT molecular complexity index is 903. The van der Waals surface area contributed by atoms with Crippen molar-refractivity contribution in [3.05, 3.63) is 64.1 Å². The van der Waals surface area contributed by atoms with Crippen LogP contribution in [0.1, 0.15) is 18.7 Å². The molecular formula is C16H14ClN3O3. The van der Waals surface area contributed by atoms with Crippen molar-refractivity contribution in [2.24, 2.45) is 0 Å². The van der Waals surface area contributed by atoms with E-state index in [0.717, 1.165) is 0 Å². The summed E-state index contributed by atoms with van der Waals surface area (Å²) in [6, 6.07) is 8.12. The SMILES string of the molecule is CC(NC(=O)Cn1cnc2ccc(Cl)cc2c1=O)c1ccco1. The van der Waals surface area contributed by atoms with Gasteiger partial charge in [0.1, 0.15) is 12.3 Å². The molecule has 0 spiro atoms. The highest BCUT2D eigenvalue weighted by molar-refractivity contribution is 6.31. The largest absolute Gasteiger partial charge is 0.467 e. The number of fused-ring (bicyclic) bond motifs is 1. The lowest BCUT2D eigenvalue weighted by Crippen LogP contribution is -2.33. The van der Waals surface area contributed by atoms with Gasteiger partial charge in [-0.2, -0.15) is 0 Å². The van der Waals surface area contributed by atoms with E-state index in [1.54, 1.807) is 43.5 Å². The summed E-state index contributed by atoms with van der Waals surface area (Å²) in [5, 5.41) is 3.60. The van der Waals surface area contributed by atoms with Crippen LogP contribution in [-0.4, -0.2) is 15.5 Å². The number of furan rings is 1. The van der Waals surface area contributed by atoms with Gasteiger partial charge in [-0.15, -0.1) is 0 Å². The number of carbonyl (C=O) groups excluding carboxylic acids is 1. The molecule has 3 aromatic rings. The van der Waals surface area contributed by atoms with Crippen LogP contribution in [0.15, 0.2) is 52.1 Å². The molecule has 0 aliphatic carbocycles. The van der Waals surface area contributed by atoms with Crippen LogP contribution in [0, 0.1) is 0 Å². The Labute approximate surface area is 136 Å². The van der Waals surface area contributed by atoms with Gasteiger partial charge >= 0.3 is 0 Å². The molecule has 1 aromatic carbocycles. The average Bonchev–Trinajstić information content (AvgIpc) is 3.05. The zero-order valence-electron chi connectivity index (χ0n) is 12.3. The number of carbonyl (C=O) groups is 1. The van der Waals surface area contributed by atoms with Gasteiger partial charge in [0.2, 0.25) is 5.91 Å². The van der Waals surface area contributed by atoms with Gasteiger partial charge < -0.3 is 9.73 Å². The van der Waals surface area contributed by atoms with E-state index >= 15 is 0 Å². The molecule has 118 valence electrons. The minimum atomic E-state index is -0.307. The van der Waals surface area contributed by atoms with Gasteiger partial charge in [0.25, 0.3) is 5.56 Å². The molecule has 3 rings (SSSR count). The minimum Gasteiger partial charge on any atom is -0.467 e. The summed E-state index contributed by atoms with van der Waals surface area (Å²) in [4.78, 5) is 28.7. The zero-order valence-corrected chi connectivity index (χ0v) is 13.1. The lowest BCUT2D eigenvalue weighted by Gasteiger charge is -2.12. The number of amides is 1. The Morgan fingerprint density at radius 2 is 2.26 bits per heavy atom. The van der Waals surface area contributed by atoms with Gasteiger partial charge in [0.05, 0.1) is 29.5 Å². The molecule has 0 radical (unpaired) electrons. The standard InChI is InChI=1S/C16H14ClN3O3/c1-10(14-3-2-6-23-14)19-15(21)8-20-9-18-13-5-4-11(17)7-12(13)16(20)22/h2-7,9-10H,8H2,1H3,(H,19,21). The van der Waals surface area contributed by atoms with Crippen molar-refractivity contribution in [3.63, 3.8) is 0 Å². The second-order valence-corrected chi connectivity index (χ2v) is 5.58. The maximum atomic E-state index is 12.4. The molecule has 0 saturated carbocycles. The highest BCUT2D eigenvalue weighted by Gasteiger charge is 2.13. The number of aromatic nitrogens is 2. The minimum absolute atomic E-state index is 0.126. The normalized spacial score (nSPS) is 12.3. The molecular weight excluding hydrogens is 318 g/mol. The number of hydrogen-bond acceptors (Lipinski definition) is 4. The van der Waals surface area contributed by atoms with Crippen LogP contribution < -0.4 is 10.9 Å². The first kappa shape index (κ1) is 15.3. The predicted molar refractivity (Wildman–Crippen MR) is 86.3 cm³/mol. The maximum Gasteiger partial charge on any atom is 0.261 e. The van der Waals surface area contributed by atoms with E-state index in [1.165, 1.54) is 10.9 Å². The maximum absolute atomic E-state index is 12.4. The molecule has 1 N–H and O–H groups in total. The van der Waals surface area contributed by atoms with Crippen molar-refractivity contribution in [2.45, 2.75) is 19.5 Å². The zero-order chi connectivity index (χ0) is 16.4. The van der Waals surface area contributed by atoms with Crippen molar-refractivity contribution in [1.29, 1.82) is 0 Å². The highest BCUT2D eigenvalue weighted by atomic mass is 35.5. The van der Waals surface area contributed by atoms with Crippen LogP contribution in [0.4, 0.5) is 0 Å². The summed E-state index contributed by atoms with van der Waals surface area (Å²) in [5.41, 5.74) is 0.235. The number of rotatable bonds is 4. The lowest BCUT2D eigenvalue weighted by atomic mass is 10.2. The highest BCUT2D eigenvalue weighted by Crippen LogP contribution is 2.14. The van der Waals surface area contributed by atoms with E-state index in [1.807, 2.05) is 0 Å². The molecule has 0 saturated heterocycles. The van der Waals surface area contributed by atoms with E-state index in [-0.39, 0.29) is 24.1 Å². The van der Waals surface area contributed by atoms with E-state index in [9.17, 15) is 9.59 Å². The van der Waals surface area contributed by atoms with Crippen LogP contribution in [0.5, 0.6) is 0 Å². The molecule has 23 heavy (non-hydrogen) atoms. The van der Waals surface area contributed by atoms with Crippen molar-refractivity contribution in [2.75, 3.05) is 0 Å². The fourth-order valence-electron chi connectivity index (χ4n) is 2.29. The number of nitrogens with one attached hydrogen (secondary N) is 1. The van der Waals surface area contributed by atoms with Crippen molar-refractivity contribution in [3.8, 4) is 0 Å². The summed E-state index contributed by atoms with van der Waals surface area (Å²) in [7, 11) is 0. The Kier molecular flexibility index (Phi) is 4.16. The lowest BCUT2D eigenvalue weighted by molar-refractivity contribution is -0.122. The van der Waals surface area contributed by atoms with Crippen LogP contribution in [0.25, 0.3) is 10.9 Å². The monoisotopic (exact) mass is 331 g/mol. The number of hydrogen-bond donors (Lipinski definition) is 1. The molecule has 1 atom stereocenters. The molecule has 6 nitrogen and oxygen atoms in total. The Hall–Kier alpha value is -2.60. The van der Waals surface area contributed by atoms with Crippen molar-refractivity contribution < 1.29 is 9.21 Å². The Morgan fingerprint density at radius 3 is 3.00 bits per heavy atom. The summed E-state index contributed by atoms with van der Waals surface area (Å²) >= 11 is 5.91. The molecule has 2 heterocycles. The van der Waals surface area contributed by atoms with Gasteiger partial charge in [-0.3, -0.25) is 14.2 Å². The van der Waals surface area contributed by atoms with Gasteiger partial charge in [-0.05, 0) is 37.3 Å². The Balaban J connectivity index is 1.80. The number of benzene rings is 1. The molecule has 0 aliphatic rings. The van der Waals surface area contributed by atoms with Crippen LogP contribution in [0.2, 0.25) is 5.02 Å². The fraction of sp³-hybridized carbons (Fsp3) is 0.188. The second-order valence-electron chi connectivity index (χ2n) is 5.14. The summed E-state index contributed by atoms with van der Waals surface area (Å²) in [6.45, 7) is 1.68. The predicted octanol–water partition coefficient (Wildman–Crippen LogP) is 2.52. The van der Waals surface area contributed by atoms with Crippen molar-refractivity contribution >= 4 is 28.4 Å². The molecule has 7 heteroatoms. The molecule has 1 unspecified atom stereocenters. The molecule has 1 amide bonds. The first-order valence-corrected chi connectivity index (χ1v) is 7.40. The number of halogens is 1. The van der Waals surface area contributed by atoms with Gasteiger partial charge in [-0.25, -0.2) is 4.98 Å². The van der Waals surface area contributed by atoms with E-state index in [0.29, 0.717) is 21.7 Å². The third-order valence-electron chi connectivity index (χ3n) is 3.45. The van der Waals surface area contributed by atoms with Gasteiger partial charge in [-0.1, -0.05) is 11.6 Å². The van der Waals surface area contributed by atoms with Gasteiger partial charge in [0, 0.05) is 5.02 Å². The third-order valence-corrected chi connectivity index (χ3v) is 3.68. The van der Waals surface area contributed by atoms with E-state index in [4.69, 9.17) is 16.0 Å². The fourth-order valence-corrected chi connectivity index (χ4v) is 2.47.